The van der Waals surface area contributed by atoms with Crippen molar-refractivity contribution in [2.75, 3.05) is 13.1 Å². The first-order chi connectivity index (χ1) is 12.2. The number of nitrogens with zero attached hydrogens (tertiary/aromatic N) is 5. The molecule has 0 radical (unpaired) electrons. The number of imidazole rings is 1. The van der Waals surface area contributed by atoms with E-state index in [1.54, 1.807) is 24.1 Å². The number of hydrogen-bond donors (Lipinski definition) is 1. The number of rotatable bonds is 5. The van der Waals surface area contributed by atoms with Gasteiger partial charge in [-0.05, 0) is 18.8 Å². The van der Waals surface area contributed by atoms with Crippen LogP contribution in [0.15, 0.2) is 18.6 Å². The van der Waals surface area contributed by atoms with E-state index >= 15 is 0 Å². The number of carbonyl (C=O) groups is 1. The average molecular weight is 342 g/mol. The Morgan fingerprint density at radius 2 is 2.12 bits per heavy atom. The summed E-state index contributed by atoms with van der Waals surface area (Å²) in [4.78, 5) is 19.4. The lowest BCUT2D eigenvalue weighted by Gasteiger charge is -2.29. The highest BCUT2D eigenvalue weighted by Gasteiger charge is 2.23. The van der Waals surface area contributed by atoms with Crippen molar-refractivity contribution in [3.05, 3.63) is 35.7 Å². The zero-order valence-corrected chi connectivity index (χ0v) is 14.8. The summed E-state index contributed by atoms with van der Waals surface area (Å²) in [5.74, 6) is 1.89. The van der Waals surface area contributed by atoms with Gasteiger partial charge in [-0.25, -0.2) is 4.98 Å². The van der Waals surface area contributed by atoms with Gasteiger partial charge in [0.15, 0.2) is 0 Å². The van der Waals surface area contributed by atoms with Crippen molar-refractivity contribution in [3.8, 4) is 0 Å². The molecule has 1 N–H and O–H groups in total. The molecule has 2 aliphatic rings. The topological polar surface area (TPSA) is 68.0 Å². The van der Waals surface area contributed by atoms with Crippen LogP contribution in [0.4, 0.5) is 0 Å². The lowest BCUT2D eigenvalue weighted by molar-refractivity contribution is 0.0950. The maximum Gasteiger partial charge on any atom is 0.254 e. The van der Waals surface area contributed by atoms with E-state index in [9.17, 15) is 4.79 Å². The Morgan fingerprint density at radius 3 is 2.88 bits per heavy atom. The molecule has 1 saturated carbocycles. The SMILES string of the molecule is Cn1cc(C(=O)NCc2cn3c(n2)CN(CC2CCCC2)CC3)cn1. The van der Waals surface area contributed by atoms with Gasteiger partial charge in [0.1, 0.15) is 5.82 Å². The monoisotopic (exact) mass is 342 g/mol. The lowest BCUT2D eigenvalue weighted by Crippen LogP contribution is -2.36. The molecule has 134 valence electrons. The average Bonchev–Trinajstić information content (AvgIpc) is 3.33. The van der Waals surface area contributed by atoms with Gasteiger partial charge in [-0.15, -0.1) is 0 Å². The molecule has 1 fully saturated rings. The van der Waals surface area contributed by atoms with Gasteiger partial charge in [-0.2, -0.15) is 5.10 Å². The smallest absolute Gasteiger partial charge is 0.254 e. The molecule has 0 unspecified atom stereocenters. The predicted octanol–water partition coefficient (Wildman–Crippen LogP) is 1.55. The van der Waals surface area contributed by atoms with Gasteiger partial charge in [-0.3, -0.25) is 14.4 Å². The Balaban J connectivity index is 1.33. The van der Waals surface area contributed by atoms with Crippen molar-refractivity contribution in [2.24, 2.45) is 13.0 Å². The molecule has 4 rings (SSSR count). The summed E-state index contributed by atoms with van der Waals surface area (Å²) in [5, 5.41) is 6.95. The molecule has 1 aliphatic heterocycles. The molecule has 2 aromatic heterocycles. The zero-order valence-electron chi connectivity index (χ0n) is 14.8. The number of aromatic nitrogens is 4. The normalized spacial score (nSPS) is 18.4. The van der Waals surface area contributed by atoms with E-state index in [1.165, 1.54) is 32.2 Å². The Hall–Kier alpha value is -2.15. The van der Waals surface area contributed by atoms with Crippen molar-refractivity contribution in [1.29, 1.82) is 0 Å². The summed E-state index contributed by atoms with van der Waals surface area (Å²) >= 11 is 0. The molecule has 2 aromatic rings. The van der Waals surface area contributed by atoms with Crippen molar-refractivity contribution < 1.29 is 4.79 Å². The summed E-state index contributed by atoms with van der Waals surface area (Å²) in [6.45, 7) is 4.68. The summed E-state index contributed by atoms with van der Waals surface area (Å²) in [6.07, 6.45) is 10.9. The summed E-state index contributed by atoms with van der Waals surface area (Å²) < 4.78 is 3.86. The van der Waals surface area contributed by atoms with Crippen LogP contribution in [0.1, 0.15) is 47.6 Å². The molecule has 7 heteroatoms. The lowest BCUT2D eigenvalue weighted by atomic mass is 10.1. The van der Waals surface area contributed by atoms with Crippen LogP contribution in [0.25, 0.3) is 0 Å². The van der Waals surface area contributed by atoms with Crippen molar-refractivity contribution in [2.45, 2.75) is 45.3 Å². The van der Waals surface area contributed by atoms with Gasteiger partial charge in [0, 0.05) is 39.1 Å². The highest BCUT2D eigenvalue weighted by molar-refractivity contribution is 5.93. The Kier molecular flexibility index (Phi) is 4.57. The fourth-order valence-corrected chi connectivity index (χ4v) is 3.97. The molecule has 1 aliphatic carbocycles. The van der Waals surface area contributed by atoms with E-state index in [1.807, 2.05) is 0 Å². The van der Waals surface area contributed by atoms with E-state index in [4.69, 9.17) is 4.98 Å². The van der Waals surface area contributed by atoms with Crippen LogP contribution in [-0.2, 0) is 26.7 Å². The number of hydrogen-bond acceptors (Lipinski definition) is 4. The summed E-state index contributed by atoms with van der Waals surface area (Å²) in [7, 11) is 1.80. The third kappa shape index (κ3) is 3.76. The van der Waals surface area contributed by atoms with Crippen molar-refractivity contribution in [3.63, 3.8) is 0 Å². The fraction of sp³-hybridized carbons (Fsp3) is 0.611. The molecular formula is C18H26N6O. The van der Waals surface area contributed by atoms with Gasteiger partial charge in [0.05, 0.1) is 30.5 Å². The summed E-state index contributed by atoms with van der Waals surface area (Å²) in [5.41, 5.74) is 1.50. The van der Waals surface area contributed by atoms with Crippen LogP contribution in [0, 0.1) is 5.92 Å². The minimum absolute atomic E-state index is 0.109. The molecule has 0 saturated heterocycles. The number of carbonyl (C=O) groups excluding carboxylic acids is 1. The van der Waals surface area contributed by atoms with E-state index in [0.717, 1.165) is 37.1 Å². The third-order valence-electron chi connectivity index (χ3n) is 5.32. The van der Waals surface area contributed by atoms with Gasteiger partial charge in [-0.1, -0.05) is 12.8 Å². The molecule has 1 amide bonds. The largest absolute Gasteiger partial charge is 0.346 e. The van der Waals surface area contributed by atoms with E-state index < -0.39 is 0 Å². The van der Waals surface area contributed by atoms with Crippen LogP contribution < -0.4 is 5.32 Å². The van der Waals surface area contributed by atoms with Crippen LogP contribution >= 0.6 is 0 Å². The molecule has 3 heterocycles. The number of nitrogens with one attached hydrogen (secondary N) is 1. The first kappa shape index (κ1) is 16.3. The highest BCUT2D eigenvalue weighted by Crippen LogP contribution is 2.26. The van der Waals surface area contributed by atoms with Gasteiger partial charge < -0.3 is 9.88 Å². The minimum atomic E-state index is -0.109. The second kappa shape index (κ2) is 7.00. The number of amides is 1. The first-order valence-corrected chi connectivity index (χ1v) is 9.21. The standard InChI is InChI=1S/C18H26N6O/c1-22-11-15(8-20-22)18(25)19-9-16-12-24-7-6-23(13-17(24)21-16)10-14-4-2-3-5-14/h8,11-12,14H,2-7,9-10,13H2,1H3,(H,19,25). The minimum Gasteiger partial charge on any atom is -0.346 e. The van der Waals surface area contributed by atoms with Gasteiger partial charge in [0.2, 0.25) is 0 Å². The van der Waals surface area contributed by atoms with Crippen molar-refractivity contribution >= 4 is 5.91 Å². The first-order valence-electron chi connectivity index (χ1n) is 9.21. The molecule has 7 nitrogen and oxygen atoms in total. The van der Waals surface area contributed by atoms with Gasteiger partial charge in [0.25, 0.3) is 5.91 Å². The van der Waals surface area contributed by atoms with Crippen LogP contribution in [0.3, 0.4) is 0 Å². The molecule has 0 bridgehead atoms. The molecular weight excluding hydrogens is 316 g/mol. The Bertz CT molecular complexity index is 743. The predicted molar refractivity (Wildman–Crippen MR) is 93.8 cm³/mol. The zero-order chi connectivity index (χ0) is 17.2. The maximum atomic E-state index is 12.1. The van der Waals surface area contributed by atoms with Gasteiger partial charge >= 0.3 is 0 Å². The highest BCUT2D eigenvalue weighted by atomic mass is 16.1. The Morgan fingerprint density at radius 1 is 1.28 bits per heavy atom. The quantitative estimate of drug-likeness (QED) is 0.895. The molecule has 25 heavy (non-hydrogen) atoms. The number of aryl methyl sites for hydroxylation is 1. The third-order valence-corrected chi connectivity index (χ3v) is 5.32. The maximum absolute atomic E-state index is 12.1. The van der Waals surface area contributed by atoms with E-state index in [0.29, 0.717) is 12.1 Å². The van der Waals surface area contributed by atoms with Crippen LogP contribution in [0.2, 0.25) is 0 Å². The summed E-state index contributed by atoms with van der Waals surface area (Å²) in [6, 6.07) is 0. The van der Waals surface area contributed by atoms with Crippen molar-refractivity contribution in [1.82, 2.24) is 29.5 Å². The van der Waals surface area contributed by atoms with E-state index in [-0.39, 0.29) is 5.91 Å². The fourth-order valence-electron chi connectivity index (χ4n) is 3.97. The molecule has 0 atom stereocenters. The van der Waals surface area contributed by atoms with Crippen LogP contribution in [0.5, 0.6) is 0 Å². The second-order valence-electron chi connectivity index (χ2n) is 7.31. The Labute approximate surface area is 148 Å². The molecule has 0 spiro atoms. The van der Waals surface area contributed by atoms with E-state index in [2.05, 4.69) is 26.1 Å². The number of fused-ring (bicyclic) bond motifs is 1. The molecule has 0 aromatic carbocycles. The second-order valence-corrected chi connectivity index (χ2v) is 7.31. The van der Waals surface area contributed by atoms with Crippen LogP contribution in [-0.4, -0.2) is 43.2 Å².